The topological polar surface area (TPSA) is 47.0 Å². The molecule has 2 aromatic carbocycles. The molecule has 1 aromatic heterocycles. The van der Waals surface area contributed by atoms with E-state index in [4.69, 9.17) is 4.74 Å². The van der Waals surface area contributed by atoms with E-state index in [1.165, 1.54) is 16.9 Å². The number of benzene rings is 2. The van der Waals surface area contributed by atoms with Gasteiger partial charge in [0.05, 0.1) is 11.6 Å². The van der Waals surface area contributed by atoms with Crippen LogP contribution in [0.4, 0.5) is 5.82 Å². The third kappa shape index (κ3) is 2.62. The standard InChI is InChI=1S/C21H21N3OS/c1-26-14-7-8-17-16(11-14)20(23-13-22-17)24-18-12-21(9-4-10-21)25-19-6-3-2-5-15(18)19/h2-3,5-8,11,13,18H,4,9-10,12H2,1H3,(H,22,23,24). The van der Waals surface area contributed by atoms with Crippen molar-refractivity contribution in [3.63, 3.8) is 0 Å². The molecule has 1 spiro atoms. The molecule has 5 rings (SSSR count). The zero-order chi connectivity index (χ0) is 17.6. The summed E-state index contributed by atoms with van der Waals surface area (Å²) in [5.74, 6) is 1.92. The van der Waals surface area contributed by atoms with Crippen LogP contribution in [0.25, 0.3) is 10.9 Å². The molecule has 3 aromatic rings. The second kappa shape index (κ2) is 6.16. The molecule has 5 heteroatoms. The Hall–Kier alpha value is -2.27. The van der Waals surface area contributed by atoms with Gasteiger partial charge >= 0.3 is 0 Å². The van der Waals surface area contributed by atoms with E-state index in [9.17, 15) is 0 Å². The number of nitrogens with zero attached hydrogens (tertiary/aromatic N) is 2. The molecule has 132 valence electrons. The van der Waals surface area contributed by atoms with Crippen molar-refractivity contribution in [2.24, 2.45) is 0 Å². The highest BCUT2D eigenvalue weighted by molar-refractivity contribution is 7.98. The van der Waals surface area contributed by atoms with Gasteiger partial charge in [0.1, 0.15) is 23.5 Å². The average molecular weight is 363 g/mol. The maximum Gasteiger partial charge on any atom is 0.137 e. The molecule has 1 unspecified atom stereocenters. The van der Waals surface area contributed by atoms with Crippen LogP contribution in [0.15, 0.2) is 53.7 Å². The molecule has 1 fully saturated rings. The zero-order valence-electron chi connectivity index (χ0n) is 14.7. The minimum Gasteiger partial charge on any atom is -0.487 e. The van der Waals surface area contributed by atoms with Crippen LogP contribution >= 0.6 is 11.8 Å². The van der Waals surface area contributed by atoms with Crippen LogP contribution in [-0.4, -0.2) is 21.8 Å². The second-order valence-electron chi connectivity index (χ2n) is 7.18. The number of ether oxygens (including phenoxy) is 1. The summed E-state index contributed by atoms with van der Waals surface area (Å²) in [5, 5.41) is 4.79. The average Bonchev–Trinajstić information content (AvgIpc) is 2.66. The van der Waals surface area contributed by atoms with E-state index in [1.54, 1.807) is 18.1 Å². The van der Waals surface area contributed by atoms with E-state index < -0.39 is 0 Å². The lowest BCUT2D eigenvalue weighted by atomic mass is 9.73. The zero-order valence-corrected chi connectivity index (χ0v) is 15.6. The number of hydrogen-bond acceptors (Lipinski definition) is 5. The molecule has 0 amide bonds. The molecule has 1 N–H and O–H groups in total. The van der Waals surface area contributed by atoms with Crippen LogP contribution < -0.4 is 10.1 Å². The lowest BCUT2D eigenvalue weighted by Gasteiger charge is -2.48. The monoisotopic (exact) mass is 363 g/mol. The fourth-order valence-electron chi connectivity index (χ4n) is 4.07. The van der Waals surface area contributed by atoms with Gasteiger partial charge in [0.2, 0.25) is 0 Å². The minimum atomic E-state index is -0.000710. The Labute approximate surface area is 157 Å². The van der Waals surface area contributed by atoms with Gasteiger partial charge in [-0.15, -0.1) is 11.8 Å². The molecule has 4 nitrogen and oxygen atoms in total. The summed E-state index contributed by atoms with van der Waals surface area (Å²) in [6.45, 7) is 0. The van der Waals surface area contributed by atoms with Crippen LogP contribution in [0.5, 0.6) is 5.75 Å². The number of fused-ring (bicyclic) bond motifs is 2. The molecule has 26 heavy (non-hydrogen) atoms. The number of hydrogen-bond donors (Lipinski definition) is 1. The molecule has 1 aliphatic heterocycles. The fourth-order valence-corrected chi connectivity index (χ4v) is 4.51. The van der Waals surface area contributed by atoms with Gasteiger partial charge in [-0.3, -0.25) is 0 Å². The molecular formula is C21H21N3OS. The van der Waals surface area contributed by atoms with Crippen molar-refractivity contribution < 1.29 is 4.74 Å². The quantitative estimate of drug-likeness (QED) is 0.647. The Morgan fingerprint density at radius 2 is 2.04 bits per heavy atom. The number of para-hydroxylation sites is 1. The van der Waals surface area contributed by atoms with Gasteiger partial charge in [0.25, 0.3) is 0 Å². The van der Waals surface area contributed by atoms with Gasteiger partial charge in [0, 0.05) is 22.3 Å². The van der Waals surface area contributed by atoms with Gasteiger partial charge < -0.3 is 10.1 Å². The van der Waals surface area contributed by atoms with Crippen LogP contribution in [0.3, 0.4) is 0 Å². The first-order valence-electron chi connectivity index (χ1n) is 9.10. The lowest BCUT2D eigenvalue weighted by Crippen LogP contribution is -2.48. The smallest absolute Gasteiger partial charge is 0.137 e. The predicted octanol–water partition coefficient (Wildman–Crippen LogP) is 5.21. The molecule has 0 bridgehead atoms. The van der Waals surface area contributed by atoms with Gasteiger partial charge in [-0.25, -0.2) is 9.97 Å². The summed E-state index contributed by atoms with van der Waals surface area (Å²) in [6, 6.07) is 14.9. The van der Waals surface area contributed by atoms with Crippen molar-refractivity contribution in [1.82, 2.24) is 9.97 Å². The first-order valence-corrected chi connectivity index (χ1v) is 10.3. The Morgan fingerprint density at radius 1 is 1.15 bits per heavy atom. The SMILES string of the molecule is CSc1ccc2ncnc(NC3CC4(CCC4)Oc4ccccc43)c2c1. The summed E-state index contributed by atoms with van der Waals surface area (Å²) in [7, 11) is 0. The summed E-state index contributed by atoms with van der Waals surface area (Å²) in [5.41, 5.74) is 2.19. The maximum atomic E-state index is 6.37. The largest absolute Gasteiger partial charge is 0.487 e. The van der Waals surface area contributed by atoms with E-state index >= 15 is 0 Å². The molecule has 1 aliphatic carbocycles. The second-order valence-corrected chi connectivity index (χ2v) is 8.06. The lowest BCUT2D eigenvalue weighted by molar-refractivity contribution is -0.0309. The highest BCUT2D eigenvalue weighted by atomic mass is 32.2. The van der Waals surface area contributed by atoms with Gasteiger partial charge in [-0.2, -0.15) is 0 Å². The van der Waals surface area contributed by atoms with Crippen molar-refractivity contribution >= 4 is 28.5 Å². The number of rotatable bonds is 3. The van der Waals surface area contributed by atoms with E-state index in [0.29, 0.717) is 0 Å². The third-order valence-electron chi connectivity index (χ3n) is 5.62. The van der Waals surface area contributed by atoms with Crippen molar-refractivity contribution in [2.45, 2.75) is 42.2 Å². The van der Waals surface area contributed by atoms with Gasteiger partial charge in [-0.05, 0) is 49.8 Å². The van der Waals surface area contributed by atoms with Crippen molar-refractivity contribution in [3.8, 4) is 5.75 Å². The van der Waals surface area contributed by atoms with Crippen LogP contribution in [-0.2, 0) is 0 Å². The molecule has 2 heterocycles. The van der Waals surface area contributed by atoms with Crippen LogP contribution in [0, 0.1) is 0 Å². The molecular weight excluding hydrogens is 342 g/mol. The molecule has 1 atom stereocenters. The summed E-state index contributed by atoms with van der Waals surface area (Å²) >= 11 is 1.74. The van der Waals surface area contributed by atoms with Crippen molar-refractivity contribution in [2.75, 3.05) is 11.6 Å². The Morgan fingerprint density at radius 3 is 2.85 bits per heavy atom. The fraction of sp³-hybridized carbons (Fsp3) is 0.333. The normalized spacial score (nSPS) is 20.3. The molecule has 0 radical (unpaired) electrons. The maximum absolute atomic E-state index is 6.37. The van der Waals surface area contributed by atoms with E-state index in [0.717, 1.165) is 41.7 Å². The minimum absolute atomic E-state index is 0.000710. The highest BCUT2D eigenvalue weighted by Crippen LogP contribution is 2.49. The Bertz CT molecular complexity index is 970. The highest BCUT2D eigenvalue weighted by Gasteiger charge is 2.45. The van der Waals surface area contributed by atoms with E-state index in [1.807, 2.05) is 0 Å². The summed E-state index contributed by atoms with van der Waals surface area (Å²) in [6.07, 6.45) is 8.25. The summed E-state index contributed by atoms with van der Waals surface area (Å²) < 4.78 is 6.37. The predicted molar refractivity (Wildman–Crippen MR) is 106 cm³/mol. The number of aromatic nitrogens is 2. The van der Waals surface area contributed by atoms with Crippen molar-refractivity contribution in [3.05, 3.63) is 54.4 Å². The van der Waals surface area contributed by atoms with E-state index in [2.05, 4.69) is 64.0 Å². The third-order valence-corrected chi connectivity index (χ3v) is 6.34. The Balaban J connectivity index is 1.55. The Kier molecular flexibility index (Phi) is 3.78. The van der Waals surface area contributed by atoms with Crippen LogP contribution in [0.2, 0.25) is 0 Å². The van der Waals surface area contributed by atoms with E-state index in [-0.39, 0.29) is 11.6 Å². The number of anilines is 1. The molecule has 2 aliphatic rings. The first kappa shape index (κ1) is 15.9. The van der Waals surface area contributed by atoms with Crippen molar-refractivity contribution in [1.29, 1.82) is 0 Å². The molecule has 1 saturated carbocycles. The first-order chi connectivity index (χ1) is 12.8. The van der Waals surface area contributed by atoms with Gasteiger partial charge in [-0.1, -0.05) is 18.2 Å². The summed E-state index contributed by atoms with van der Waals surface area (Å²) in [4.78, 5) is 10.2. The van der Waals surface area contributed by atoms with Crippen LogP contribution in [0.1, 0.15) is 37.3 Å². The molecule has 0 saturated heterocycles. The van der Waals surface area contributed by atoms with Gasteiger partial charge in [0.15, 0.2) is 0 Å². The number of thioether (sulfide) groups is 1. The number of nitrogens with one attached hydrogen (secondary N) is 1.